The number of rotatable bonds is 6. The molecule has 2 aromatic heterocycles. The lowest BCUT2D eigenvalue weighted by molar-refractivity contribution is 0.0944. The molecule has 6 N–H and O–H groups in total. The van der Waals surface area contributed by atoms with Crippen molar-refractivity contribution in [3.05, 3.63) is 71.4 Å². The molecule has 0 bridgehead atoms. The number of anilines is 1. The van der Waals surface area contributed by atoms with Crippen LogP contribution in [0.1, 0.15) is 26.5 Å². The molecule has 0 spiro atoms. The Hall–Kier alpha value is -3.99. The zero-order valence-corrected chi connectivity index (χ0v) is 16.7. The van der Waals surface area contributed by atoms with Gasteiger partial charge in [0, 0.05) is 10.3 Å². The van der Waals surface area contributed by atoms with Crippen LogP contribution in [0.5, 0.6) is 0 Å². The van der Waals surface area contributed by atoms with Gasteiger partial charge in [-0.3, -0.25) is 14.7 Å². The summed E-state index contributed by atoms with van der Waals surface area (Å²) in [6.07, 6.45) is 1.40. The molecule has 4 rings (SSSR count). The van der Waals surface area contributed by atoms with Crippen LogP contribution in [0.3, 0.4) is 0 Å². The largest absolute Gasteiger partial charge is 0.382 e. The van der Waals surface area contributed by atoms with E-state index in [1.165, 1.54) is 18.3 Å². The van der Waals surface area contributed by atoms with Crippen LogP contribution in [0.2, 0.25) is 0 Å². The predicted molar refractivity (Wildman–Crippen MR) is 113 cm³/mol. The van der Waals surface area contributed by atoms with Crippen molar-refractivity contribution < 1.29 is 14.0 Å². The fraction of sp³-hybridized carbons (Fsp3) is 0.0500. The average Bonchev–Trinajstić information content (AvgIpc) is 3.15. The first-order valence-electron chi connectivity index (χ1n) is 9.02. The van der Waals surface area contributed by atoms with Crippen molar-refractivity contribution in [2.24, 2.45) is 5.73 Å². The lowest BCUT2D eigenvalue weighted by Gasteiger charge is -2.09. The highest BCUT2D eigenvalue weighted by molar-refractivity contribution is 7.99. The Balaban J connectivity index is 1.53. The summed E-state index contributed by atoms with van der Waals surface area (Å²) in [7, 11) is 0. The van der Waals surface area contributed by atoms with Crippen molar-refractivity contribution in [3.63, 3.8) is 0 Å². The Morgan fingerprint density at radius 2 is 2.00 bits per heavy atom. The summed E-state index contributed by atoms with van der Waals surface area (Å²) in [5, 5.41) is 10.5. The Morgan fingerprint density at radius 3 is 2.81 bits per heavy atom. The van der Waals surface area contributed by atoms with Gasteiger partial charge in [-0.25, -0.2) is 14.4 Å². The molecule has 0 atom stereocenters. The molecule has 0 fully saturated rings. The number of H-pyrrole nitrogens is 1. The Bertz CT molecular complexity index is 1310. The monoisotopic (exact) mass is 437 g/mol. The van der Waals surface area contributed by atoms with Crippen LogP contribution in [0.25, 0.3) is 10.9 Å². The third-order valence-electron chi connectivity index (χ3n) is 4.38. The quantitative estimate of drug-likeness (QED) is 0.361. The second kappa shape index (κ2) is 8.40. The highest BCUT2D eigenvalue weighted by Crippen LogP contribution is 2.29. The van der Waals surface area contributed by atoms with Gasteiger partial charge >= 0.3 is 0 Å². The second-order valence-electron chi connectivity index (χ2n) is 6.45. The van der Waals surface area contributed by atoms with Gasteiger partial charge in [-0.1, -0.05) is 23.9 Å². The van der Waals surface area contributed by atoms with Gasteiger partial charge in [-0.15, -0.1) is 0 Å². The molecule has 11 heteroatoms. The smallest absolute Gasteiger partial charge is 0.274 e. The minimum atomic E-state index is -0.576. The number of halogens is 1. The molecule has 156 valence electrons. The van der Waals surface area contributed by atoms with Crippen LogP contribution >= 0.6 is 11.8 Å². The van der Waals surface area contributed by atoms with E-state index in [0.717, 1.165) is 11.8 Å². The van der Waals surface area contributed by atoms with Crippen molar-refractivity contribution in [1.29, 1.82) is 0 Å². The zero-order chi connectivity index (χ0) is 22.0. The number of hydrogen-bond acceptors (Lipinski definition) is 7. The van der Waals surface area contributed by atoms with Crippen LogP contribution in [-0.4, -0.2) is 32.0 Å². The van der Waals surface area contributed by atoms with Gasteiger partial charge in [0.05, 0.1) is 29.5 Å². The maximum Gasteiger partial charge on any atom is 0.274 e. The van der Waals surface area contributed by atoms with E-state index in [4.69, 9.17) is 11.5 Å². The Labute approximate surface area is 179 Å². The van der Waals surface area contributed by atoms with Gasteiger partial charge < -0.3 is 16.8 Å². The van der Waals surface area contributed by atoms with Gasteiger partial charge in [0.1, 0.15) is 10.8 Å². The van der Waals surface area contributed by atoms with E-state index in [2.05, 4.69) is 25.5 Å². The van der Waals surface area contributed by atoms with E-state index in [1.54, 1.807) is 30.3 Å². The fourth-order valence-corrected chi connectivity index (χ4v) is 3.79. The normalized spacial score (nSPS) is 10.9. The van der Waals surface area contributed by atoms with Gasteiger partial charge in [0.2, 0.25) is 5.91 Å². The van der Waals surface area contributed by atoms with Crippen LogP contribution in [0.4, 0.5) is 10.2 Å². The first-order valence-corrected chi connectivity index (χ1v) is 9.84. The standard InChI is InChI=1S/C20H16FN7O2S/c21-10-5-6-13-12(7-10)14(28-27-13)8-25-20(30)17-18(22)24-9-16(26-17)31-15-4-2-1-3-11(15)19(23)29/h1-7,9H,8H2,(H2,22,24)(H2,23,29)(H,25,30)(H,27,28). The molecular weight excluding hydrogens is 421 g/mol. The molecule has 0 saturated heterocycles. The number of aromatic nitrogens is 4. The van der Waals surface area contributed by atoms with Gasteiger partial charge in [0.25, 0.3) is 5.91 Å². The summed E-state index contributed by atoms with van der Waals surface area (Å²) >= 11 is 1.13. The predicted octanol–water partition coefficient (Wildman–Crippen LogP) is 2.25. The molecule has 0 aliphatic heterocycles. The molecule has 0 saturated carbocycles. The van der Waals surface area contributed by atoms with Crippen molar-refractivity contribution >= 4 is 40.3 Å². The third kappa shape index (κ3) is 4.31. The number of amides is 2. The second-order valence-corrected chi connectivity index (χ2v) is 7.51. The number of primary amides is 1. The highest BCUT2D eigenvalue weighted by Gasteiger charge is 2.17. The van der Waals surface area contributed by atoms with Crippen molar-refractivity contribution in [2.75, 3.05) is 5.73 Å². The number of nitrogens with zero attached hydrogens (tertiary/aromatic N) is 3. The molecule has 0 radical (unpaired) electrons. The number of benzene rings is 2. The number of nitrogens with two attached hydrogens (primary N) is 2. The minimum absolute atomic E-state index is 0.0504. The lowest BCUT2D eigenvalue weighted by Crippen LogP contribution is -2.25. The van der Waals surface area contributed by atoms with Crippen LogP contribution in [0, 0.1) is 5.82 Å². The fourth-order valence-electron chi connectivity index (χ4n) is 2.89. The number of aromatic amines is 1. The van der Waals surface area contributed by atoms with Crippen LogP contribution < -0.4 is 16.8 Å². The summed E-state index contributed by atoms with van der Waals surface area (Å²) in [6.45, 7) is 0.0573. The molecule has 31 heavy (non-hydrogen) atoms. The average molecular weight is 437 g/mol. The number of hydrogen-bond donors (Lipinski definition) is 4. The molecule has 4 aromatic rings. The topological polar surface area (TPSA) is 153 Å². The molecule has 0 unspecified atom stereocenters. The van der Waals surface area contributed by atoms with Crippen LogP contribution in [0.15, 0.2) is 58.6 Å². The van der Waals surface area contributed by atoms with Gasteiger partial charge in [-0.05, 0) is 30.3 Å². The van der Waals surface area contributed by atoms with Crippen LogP contribution in [-0.2, 0) is 6.54 Å². The maximum atomic E-state index is 13.5. The molecule has 2 heterocycles. The first kappa shape index (κ1) is 20.3. The Kier molecular flexibility index (Phi) is 5.50. The summed E-state index contributed by atoms with van der Waals surface area (Å²) in [5.74, 6) is -1.59. The van der Waals surface area contributed by atoms with E-state index < -0.39 is 17.6 Å². The maximum absolute atomic E-state index is 13.5. The lowest BCUT2D eigenvalue weighted by atomic mass is 10.2. The number of nitrogen functional groups attached to an aromatic ring is 1. The summed E-state index contributed by atoms with van der Waals surface area (Å²) < 4.78 is 13.5. The van der Waals surface area contributed by atoms with Gasteiger partial charge in [0.15, 0.2) is 11.5 Å². The molecule has 2 aromatic carbocycles. The Morgan fingerprint density at radius 1 is 1.19 bits per heavy atom. The van der Waals surface area contributed by atoms with E-state index in [0.29, 0.717) is 32.1 Å². The number of carbonyl (C=O) groups excluding carboxylic acids is 2. The third-order valence-corrected chi connectivity index (χ3v) is 5.36. The molecule has 0 aliphatic rings. The molecule has 2 amide bonds. The summed E-state index contributed by atoms with van der Waals surface area (Å²) in [5.41, 5.74) is 12.6. The van der Waals surface area contributed by atoms with Crippen molar-refractivity contribution in [3.8, 4) is 0 Å². The summed E-state index contributed by atoms with van der Waals surface area (Å²) in [6, 6.07) is 10.9. The van der Waals surface area contributed by atoms with Crippen molar-refractivity contribution in [1.82, 2.24) is 25.5 Å². The minimum Gasteiger partial charge on any atom is -0.382 e. The van der Waals surface area contributed by atoms with E-state index in [9.17, 15) is 14.0 Å². The molecular formula is C20H16FN7O2S. The number of fused-ring (bicyclic) bond motifs is 1. The zero-order valence-electron chi connectivity index (χ0n) is 15.9. The summed E-state index contributed by atoms with van der Waals surface area (Å²) in [4.78, 5) is 33.1. The SMILES string of the molecule is NC(=O)c1ccccc1Sc1cnc(N)c(C(=O)NCc2[nH]nc3ccc(F)cc23)n1. The molecule has 9 nitrogen and oxygen atoms in total. The number of nitrogens with one attached hydrogen (secondary N) is 2. The first-order chi connectivity index (χ1) is 14.9. The van der Waals surface area contributed by atoms with E-state index in [1.807, 2.05) is 0 Å². The molecule has 0 aliphatic carbocycles. The number of carbonyl (C=O) groups is 2. The highest BCUT2D eigenvalue weighted by atomic mass is 32.2. The van der Waals surface area contributed by atoms with E-state index >= 15 is 0 Å². The van der Waals surface area contributed by atoms with Gasteiger partial charge in [-0.2, -0.15) is 5.10 Å². The van der Waals surface area contributed by atoms with E-state index in [-0.39, 0.29) is 18.1 Å². The van der Waals surface area contributed by atoms with Crippen molar-refractivity contribution in [2.45, 2.75) is 16.5 Å².